The Balaban J connectivity index is 1.93. The summed E-state index contributed by atoms with van der Waals surface area (Å²) in [4.78, 5) is 4.11. The molecule has 0 saturated heterocycles. The van der Waals surface area contributed by atoms with Gasteiger partial charge in [0.2, 0.25) is 0 Å². The van der Waals surface area contributed by atoms with Gasteiger partial charge >= 0.3 is 6.98 Å². The van der Waals surface area contributed by atoms with Crippen LogP contribution in [0, 0.1) is 0 Å². The highest BCUT2D eigenvalue weighted by molar-refractivity contribution is 6.73. The van der Waals surface area contributed by atoms with E-state index in [1.54, 1.807) is 12.3 Å². The first kappa shape index (κ1) is 13.5. The molecule has 0 aliphatic heterocycles. The molecule has 2 rings (SSSR count). The fourth-order valence-electron chi connectivity index (χ4n) is 1.63. The van der Waals surface area contributed by atoms with Crippen molar-refractivity contribution < 1.29 is 17.7 Å². The molecule has 0 amide bonds. The molecule has 2 aromatic rings. The lowest BCUT2D eigenvalue weighted by atomic mass is 9.80. The largest absolute Gasteiger partial charge is 0.509 e. The first-order chi connectivity index (χ1) is 9.05. The van der Waals surface area contributed by atoms with Gasteiger partial charge in [0.15, 0.2) is 0 Å². The number of rotatable bonds is 5. The summed E-state index contributed by atoms with van der Waals surface area (Å²) in [6.45, 7) is -4.69. The third-order valence-corrected chi connectivity index (χ3v) is 2.59. The van der Waals surface area contributed by atoms with E-state index in [2.05, 4.69) is 4.98 Å². The van der Waals surface area contributed by atoms with E-state index < -0.39 is 12.4 Å². The maximum absolute atomic E-state index is 12.6. The molecular formula is C13H12BF3NO-. The zero-order valence-corrected chi connectivity index (χ0v) is 10.1. The Morgan fingerprint density at radius 2 is 1.89 bits per heavy atom. The summed E-state index contributed by atoms with van der Waals surface area (Å²) in [5, 5.41) is 0. The predicted molar refractivity (Wildman–Crippen MR) is 68.6 cm³/mol. The molecule has 0 aliphatic rings. The maximum Gasteiger partial charge on any atom is 0.509 e. The lowest BCUT2D eigenvalue weighted by molar-refractivity contribution is 0.320. The quantitative estimate of drug-likeness (QED) is 0.776. The highest BCUT2D eigenvalue weighted by atomic mass is 19.4. The number of aromatic nitrogens is 1. The number of halogens is 3. The summed E-state index contributed by atoms with van der Waals surface area (Å²) < 4.78 is 43.0. The number of ether oxygens (including phenoxy) is 1. The fraction of sp³-hybridized carbons (Fsp3) is 0.154. The van der Waals surface area contributed by atoms with Crippen molar-refractivity contribution in [3.05, 3.63) is 54.4 Å². The third-order valence-electron chi connectivity index (χ3n) is 2.59. The third kappa shape index (κ3) is 4.01. The van der Waals surface area contributed by atoms with Crippen LogP contribution in [0.1, 0.15) is 5.69 Å². The molecule has 0 atom stereocenters. The van der Waals surface area contributed by atoms with Crippen molar-refractivity contribution >= 4 is 12.4 Å². The van der Waals surface area contributed by atoms with Gasteiger partial charge in [0.1, 0.15) is 5.75 Å². The number of benzene rings is 1. The number of hydrogen-bond acceptors (Lipinski definition) is 2. The highest BCUT2D eigenvalue weighted by Crippen LogP contribution is 2.14. The van der Waals surface area contributed by atoms with Crippen LogP contribution in [0.4, 0.5) is 12.9 Å². The van der Waals surface area contributed by atoms with Gasteiger partial charge in [0, 0.05) is 18.3 Å². The minimum Gasteiger partial charge on any atom is -0.493 e. The van der Waals surface area contributed by atoms with Crippen LogP contribution in [-0.4, -0.2) is 18.6 Å². The highest BCUT2D eigenvalue weighted by Gasteiger charge is 2.25. The Hall–Kier alpha value is -1.98. The van der Waals surface area contributed by atoms with Crippen LogP contribution in [0.3, 0.4) is 0 Å². The lowest BCUT2D eigenvalue weighted by Crippen LogP contribution is -2.33. The molecule has 0 saturated carbocycles. The van der Waals surface area contributed by atoms with Crippen LogP contribution >= 0.6 is 0 Å². The average Bonchev–Trinajstić information content (AvgIpc) is 2.39. The van der Waals surface area contributed by atoms with Gasteiger partial charge in [-0.25, -0.2) is 0 Å². The maximum atomic E-state index is 12.6. The molecule has 1 aromatic heterocycles. The van der Waals surface area contributed by atoms with E-state index in [4.69, 9.17) is 4.74 Å². The molecule has 0 aliphatic carbocycles. The van der Waals surface area contributed by atoms with E-state index >= 15 is 0 Å². The van der Waals surface area contributed by atoms with Crippen molar-refractivity contribution in [1.82, 2.24) is 4.98 Å². The zero-order chi connectivity index (χ0) is 13.7. The molecule has 100 valence electrons. The van der Waals surface area contributed by atoms with Crippen LogP contribution in [0.5, 0.6) is 5.75 Å². The fourth-order valence-corrected chi connectivity index (χ4v) is 1.63. The van der Waals surface area contributed by atoms with Gasteiger partial charge < -0.3 is 17.7 Å². The standard InChI is InChI=1S/C13H12BF3NO/c15-14(16,17)11-4-3-6-13(10-11)19-9-7-12-5-1-2-8-18-12/h1-6,8,10H,7,9H2/q-1. The van der Waals surface area contributed by atoms with Gasteiger partial charge in [-0.3, -0.25) is 4.98 Å². The Morgan fingerprint density at radius 3 is 2.58 bits per heavy atom. The second kappa shape index (κ2) is 5.78. The van der Waals surface area contributed by atoms with Gasteiger partial charge in [0.05, 0.1) is 6.61 Å². The molecular weight excluding hydrogens is 254 g/mol. The monoisotopic (exact) mass is 266 g/mol. The zero-order valence-electron chi connectivity index (χ0n) is 10.1. The van der Waals surface area contributed by atoms with Gasteiger partial charge in [-0.15, -0.1) is 5.46 Å². The number of nitrogens with zero attached hydrogens (tertiary/aromatic N) is 1. The van der Waals surface area contributed by atoms with Crippen molar-refractivity contribution in [3.8, 4) is 5.75 Å². The molecule has 0 spiro atoms. The van der Waals surface area contributed by atoms with Crippen LogP contribution in [0.2, 0.25) is 0 Å². The molecule has 1 aromatic carbocycles. The molecule has 0 fully saturated rings. The van der Waals surface area contributed by atoms with Gasteiger partial charge in [-0.2, -0.15) is 0 Å². The Morgan fingerprint density at radius 1 is 1.05 bits per heavy atom. The van der Waals surface area contributed by atoms with E-state index in [9.17, 15) is 12.9 Å². The van der Waals surface area contributed by atoms with Crippen molar-refractivity contribution in [2.75, 3.05) is 6.61 Å². The number of pyridine rings is 1. The van der Waals surface area contributed by atoms with Crippen LogP contribution < -0.4 is 10.2 Å². The van der Waals surface area contributed by atoms with Gasteiger partial charge in [-0.05, 0) is 24.3 Å². The molecule has 1 heterocycles. The molecule has 0 bridgehead atoms. The first-order valence-corrected chi connectivity index (χ1v) is 5.88. The summed E-state index contributed by atoms with van der Waals surface area (Å²) in [6, 6.07) is 10.4. The SMILES string of the molecule is F[B-](F)(F)c1cccc(OCCc2ccccn2)c1. The van der Waals surface area contributed by atoms with Crippen LogP contribution in [0.15, 0.2) is 48.7 Å². The van der Waals surface area contributed by atoms with Crippen LogP contribution in [0.25, 0.3) is 0 Å². The second-order valence-corrected chi connectivity index (χ2v) is 4.07. The summed E-state index contributed by atoms with van der Waals surface area (Å²) >= 11 is 0. The second-order valence-electron chi connectivity index (χ2n) is 4.07. The van der Waals surface area contributed by atoms with Crippen molar-refractivity contribution in [2.24, 2.45) is 0 Å². The van der Waals surface area contributed by atoms with Crippen molar-refractivity contribution in [3.63, 3.8) is 0 Å². The van der Waals surface area contributed by atoms with E-state index in [1.807, 2.05) is 12.1 Å². The molecule has 0 radical (unpaired) electrons. The molecule has 0 N–H and O–H groups in total. The topological polar surface area (TPSA) is 22.1 Å². The summed E-state index contributed by atoms with van der Waals surface area (Å²) in [5.74, 6) is 0.229. The average molecular weight is 266 g/mol. The van der Waals surface area contributed by atoms with E-state index in [-0.39, 0.29) is 5.75 Å². The van der Waals surface area contributed by atoms with Crippen molar-refractivity contribution in [1.29, 1.82) is 0 Å². The summed E-state index contributed by atoms with van der Waals surface area (Å²) in [5.41, 5.74) is 0.203. The lowest BCUT2D eigenvalue weighted by Gasteiger charge is -2.16. The molecule has 0 unspecified atom stereocenters. The molecule has 2 nitrogen and oxygen atoms in total. The predicted octanol–water partition coefficient (Wildman–Crippen LogP) is 2.76. The Labute approximate surface area is 109 Å². The van der Waals surface area contributed by atoms with Gasteiger partial charge in [-0.1, -0.05) is 18.2 Å². The Bertz CT molecular complexity index is 531. The van der Waals surface area contributed by atoms with Crippen LogP contribution in [-0.2, 0) is 6.42 Å². The normalized spacial score (nSPS) is 11.3. The van der Waals surface area contributed by atoms with E-state index in [1.165, 1.54) is 12.1 Å². The first-order valence-electron chi connectivity index (χ1n) is 5.88. The van der Waals surface area contributed by atoms with E-state index in [0.717, 1.165) is 17.8 Å². The molecule has 6 heteroatoms. The minimum atomic E-state index is -4.98. The molecule has 19 heavy (non-hydrogen) atoms. The van der Waals surface area contributed by atoms with Gasteiger partial charge in [0.25, 0.3) is 0 Å². The summed E-state index contributed by atoms with van der Waals surface area (Å²) in [6.07, 6.45) is 2.23. The summed E-state index contributed by atoms with van der Waals surface area (Å²) in [7, 11) is 0. The number of hydrogen-bond donors (Lipinski definition) is 0. The van der Waals surface area contributed by atoms with E-state index in [0.29, 0.717) is 13.0 Å². The Kier molecular flexibility index (Phi) is 4.09. The smallest absolute Gasteiger partial charge is 0.493 e. The minimum absolute atomic E-state index is 0.229. The van der Waals surface area contributed by atoms with Crippen molar-refractivity contribution in [2.45, 2.75) is 6.42 Å².